The molecular formula is C24H25ClF3N3O. The van der Waals surface area contributed by atoms with Crippen LogP contribution in [0.3, 0.4) is 0 Å². The maximum atomic E-state index is 13.9. The van der Waals surface area contributed by atoms with Gasteiger partial charge in [0, 0.05) is 24.2 Å². The number of aromatic nitrogens is 2. The highest BCUT2D eigenvalue weighted by molar-refractivity contribution is 6.30. The topological polar surface area (TPSA) is 38.1 Å². The zero-order valence-corrected chi connectivity index (χ0v) is 18.7. The van der Waals surface area contributed by atoms with Gasteiger partial charge < -0.3 is 4.90 Å². The van der Waals surface area contributed by atoms with Crippen molar-refractivity contribution in [3.05, 3.63) is 63.7 Å². The Morgan fingerprint density at radius 2 is 1.81 bits per heavy atom. The Hall–Kier alpha value is -2.38. The average Bonchev–Trinajstić information content (AvgIpc) is 2.75. The van der Waals surface area contributed by atoms with Gasteiger partial charge >= 0.3 is 6.18 Å². The van der Waals surface area contributed by atoms with Crippen LogP contribution in [0.25, 0.3) is 22.0 Å². The molecule has 170 valence electrons. The highest BCUT2D eigenvalue weighted by Crippen LogP contribution is 2.31. The van der Waals surface area contributed by atoms with E-state index in [0.717, 1.165) is 35.1 Å². The summed E-state index contributed by atoms with van der Waals surface area (Å²) < 4.78 is 42.4. The SMILES string of the molecule is CC(C)N1CCCC(Cn2c(C(F)(F)F)nc3ccc(-c4ccc(Cl)cc4)cc3c2=O)C1. The smallest absolute Gasteiger partial charge is 0.301 e. The lowest BCUT2D eigenvalue weighted by Gasteiger charge is -2.35. The number of hydrogen-bond donors (Lipinski definition) is 0. The van der Waals surface area contributed by atoms with Gasteiger partial charge in [-0.2, -0.15) is 13.2 Å². The Balaban J connectivity index is 1.79. The van der Waals surface area contributed by atoms with Crippen LogP contribution in [0.2, 0.25) is 5.02 Å². The second-order valence-electron chi connectivity index (χ2n) is 8.68. The summed E-state index contributed by atoms with van der Waals surface area (Å²) >= 11 is 5.95. The Kier molecular flexibility index (Phi) is 6.32. The molecule has 3 aromatic rings. The van der Waals surface area contributed by atoms with Crippen LogP contribution < -0.4 is 5.56 Å². The molecule has 1 aliphatic rings. The number of piperidine rings is 1. The quantitative estimate of drug-likeness (QED) is 0.486. The predicted octanol–water partition coefficient (Wildman–Crippen LogP) is 5.86. The van der Waals surface area contributed by atoms with E-state index in [1.54, 1.807) is 24.3 Å². The molecule has 0 radical (unpaired) electrons. The Morgan fingerprint density at radius 3 is 2.47 bits per heavy atom. The third kappa shape index (κ3) is 4.69. The molecule has 4 nitrogen and oxygen atoms in total. The van der Waals surface area contributed by atoms with E-state index in [4.69, 9.17) is 11.6 Å². The number of nitrogens with zero attached hydrogens (tertiary/aromatic N) is 3. The molecule has 1 unspecified atom stereocenters. The van der Waals surface area contributed by atoms with Gasteiger partial charge in [-0.25, -0.2) is 4.98 Å². The van der Waals surface area contributed by atoms with Crippen LogP contribution in [-0.4, -0.2) is 33.6 Å². The first-order chi connectivity index (χ1) is 15.1. The maximum absolute atomic E-state index is 13.9. The summed E-state index contributed by atoms with van der Waals surface area (Å²) in [5, 5.41) is 0.762. The molecule has 4 rings (SSSR count). The Labute approximate surface area is 189 Å². The van der Waals surface area contributed by atoms with Crippen LogP contribution in [0.4, 0.5) is 13.2 Å². The number of alkyl halides is 3. The van der Waals surface area contributed by atoms with Gasteiger partial charge in [0.25, 0.3) is 5.56 Å². The summed E-state index contributed by atoms with van der Waals surface area (Å²) in [6.45, 7) is 5.75. The van der Waals surface area contributed by atoms with Crippen LogP contribution in [0.15, 0.2) is 47.3 Å². The number of halogens is 4. The molecule has 0 amide bonds. The first kappa shape index (κ1) is 22.8. The zero-order chi connectivity index (χ0) is 23.0. The van der Waals surface area contributed by atoms with Gasteiger partial charge in [-0.1, -0.05) is 29.8 Å². The number of likely N-dealkylation sites (tertiary alicyclic amines) is 1. The average molecular weight is 464 g/mol. The first-order valence-electron chi connectivity index (χ1n) is 10.8. The number of rotatable bonds is 4. The van der Waals surface area contributed by atoms with Crippen molar-refractivity contribution in [2.45, 2.75) is 45.5 Å². The van der Waals surface area contributed by atoms with Crippen LogP contribution in [0, 0.1) is 5.92 Å². The molecule has 0 N–H and O–H groups in total. The van der Waals surface area contributed by atoms with Gasteiger partial charge in [0.2, 0.25) is 5.82 Å². The fourth-order valence-electron chi connectivity index (χ4n) is 4.40. The van der Waals surface area contributed by atoms with E-state index < -0.39 is 17.6 Å². The van der Waals surface area contributed by atoms with Crippen molar-refractivity contribution < 1.29 is 13.2 Å². The molecular weight excluding hydrogens is 439 g/mol. The number of hydrogen-bond acceptors (Lipinski definition) is 3. The maximum Gasteiger partial charge on any atom is 0.449 e. The van der Waals surface area contributed by atoms with Crippen LogP contribution in [-0.2, 0) is 12.7 Å². The normalized spacial score (nSPS) is 17.9. The molecule has 1 aliphatic heterocycles. The molecule has 2 heterocycles. The van der Waals surface area contributed by atoms with Crippen LogP contribution in [0.5, 0.6) is 0 Å². The van der Waals surface area contributed by atoms with Crippen molar-refractivity contribution in [1.82, 2.24) is 14.5 Å². The second kappa shape index (κ2) is 8.87. The zero-order valence-electron chi connectivity index (χ0n) is 18.0. The molecule has 1 aromatic heterocycles. The van der Waals surface area contributed by atoms with Gasteiger partial charge in [-0.05, 0) is 74.5 Å². The largest absolute Gasteiger partial charge is 0.449 e. The van der Waals surface area contributed by atoms with E-state index in [1.807, 2.05) is 12.1 Å². The van der Waals surface area contributed by atoms with Crippen LogP contribution >= 0.6 is 11.6 Å². The van der Waals surface area contributed by atoms with Gasteiger partial charge in [0.05, 0.1) is 10.9 Å². The van der Waals surface area contributed by atoms with Gasteiger partial charge in [-0.3, -0.25) is 9.36 Å². The second-order valence-corrected chi connectivity index (χ2v) is 9.12. The van der Waals surface area contributed by atoms with Gasteiger partial charge in [0.15, 0.2) is 0 Å². The van der Waals surface area contributed by atoms with E-state index in [9.17, 15) is 18.0 Å². The molecule has 0 bridgehead atoms. The van der Waals surface area contributed by atoms with Gasteiger partial charge in [-0.15, -0.1) is 0 Å². The monoisotopic (exact) mass is 463 g/mol. The molecule has 2 aromatic carbocycles. The van der Waals surface area contributed by atoms with Crippen molar-refractivity contribution >= 4 is 22.5 Å². The first-order valence-corrected chi connectivity index (χ1v) is 11.1. The highest BCUT2D eigenvalue weighted by atomic mass is 35.5. The Morgan fingerprint density at radius 1 is 1.12 bits per heavy atom. The van der Waals surface area contributed by atoms with E-state index in [0.29, 0.717) is 17.6 Å². The lowest BCUT2D eigenvalue weighted by molar-refractivity contribution is -0.148. The minimum atomic E-state index is -4.71. The van der Waals surface area contributed by atoms with E-state index >= 15 is 0 Å². The fourth-order valence-corrected chi connectivity index (χ4v) is 4.53. The molecule has 1 atom stereocenters. The summed E-state index contributed by atoms with van der Waals surface area (Å²) in [6.07, 6.45) is -3.02. The minimum absolute atomic E-state index is 0.00497. The van der Waals surface area contributed by atoms with Crippen molar-refractivity contribution in [2.24, 2.45) is 5.92 Å². The summed E-state index contributed by atoms with van der Waals surface area (Å²) in [5.74, 6) is -1.17. The molecule has 1 saturated heterocycles. The number of benzene rings is 2. The molecule has 0 aliphatic carbocycles. The van der Waals surface area contributed by atoms with Crippen molar-refractivity contribution in [3.63, 3.8) is 0 Å². The lowest BCUT2D eigenvalue weighted by atomic mass is 9.96. The van der Waals surface area contributed by atoms with Crippen molar-refractivity contribution in [2.75, 3.05) is 13.1 Å². The molecule has 0 saturated carbocycles. The molecule has 32 heavy (non-hydrogen) atoms. The molecule has 1 fully saturated rings. The molecule has 8 heteroatoms. The third-order valence-corrected chi connectivity index (χ3v) is 6.36. The van der Waals surface area contributed by atoms with Crippen LogP contribution in [0.1, 0.15) is 32.5 Å². The summed E-state index contributed by atoms with van der Waals surface area (Å²) in [5.41, 5.74) is 0.938. The number of fused-ring (bicyclic) bond motifs is 1. The Bertz CT molecular complexity index is 1170. The van der Waals surface area contributed by atoms with E-state index in [1.165, 1.54) is 6.07 Å². The summed E-state index contributed by atoms with van der Waals surface area (Å²) in [6, 6.07) is 12.1. The minimum Gasteiger partial charge on any atom is -0.301 e. The van der Waals surface area contributed by atoms with Crippen molar-refractivity contribution in [3.8, 4) is 11.1 Å². The fraction of sp³-hybridized carbons (Fsp3) is 0.417. The van der Waals surface area contributed by atoms with E-state index in [2.05, 4.69) is 23.7 Å². The highest BCUT2D eigenvalue weighted by Gasteiger charge is 2.38. The lowest BCUT2D eigenvalue weighted by Crippen LogP contribution is -2.43. The predicted molar refractivity (Wildman–Crippen MR) is 121 cm³/mol. The summed E-state index contributed by atoms with van der Waals surface area (Å²) in [7, 11) is 0. The van der Waals surface area contributed by atoms with Crippen molar-refractivity contribution in [1.29, 1.82) is 0 Å². The van der Waals surface area contributed by atoms with E-state index in [-0.39, 0.29) is 23.4 Å². The molecule has 0 spiro atoms. The third-order valence-electron chi connectivity index (χ3n) is 6.11. The van der Waals surface area contributed by atoms with Gasteiger partial charge in [0.1, 0.15) is 0 Å². The standard InChI is InChI=1S/C24H25ClF3N3O/c1-15(2)30-11-3-4-16(13-30)14-31-22(32)20-12-18(17-5-8-19(25)9-6-17)7-10-21(20)29-23(31)24(26,27)28/h5-10,12,15-16H,3-4,11,13-14H2,1-2H3. The summed E-state index contributed by atoms with van der Waals surface area (Å²) in [4.78, 5) is 19.4.